The lowest BCUT2D eigenvalue weighted by Gasteiger charge is -2.38. The van der Waals surface area contributed by atoms with Gasteiger partial charge in [0.1, 0.15) is 11.9 Å². The molecule has 0 aliphatic carbocycles. The van der Waals surface area contributed by atoms with E-state index in [1.165, 1.54) is 5.56 Å². The largest absolute Gasteiger partial charge is 0.489 e. The zero-order valence-electron chi connectivity index (χ0n) is 20.8. The minimum atomic E-state index is -0.192. The van der Waals surface area contributed by atoms with Gasteiger partial charge in [0, 0.05) is 58.3 Å². The van der Waals surface area contributed by atoms with E-state index in [0.717, 1.165) is 56.0 Å². The number of aryl methyl sites for hydroxylation is 2. The van der Waals surface area contributed by atoms with Crippen LogP contribution >= 0.6 is 0 Å². The van der Waals surface area contributed by atoms with Crippen molar-refractivity contribution in [1.29, 1.82) is 0 Å². The number of piperidine rings is 1. The molecule has 2 aliphatic heterocycles. The lowest BCUT2D eigenvalue weighted by molar-refractivity contribution is -0.133. The van der Waals surface area contributed by atoms with Crippen LogP contribution in [0.3, 0.4) is 0 Å². The predicted molar refractivity (Wildman–Crippen MR) is 131 cm³/mol. The number of hydrogen-bond acceptors (Lipinski definition) is 5. The third kappa shape index (κ3) is 5.27. The van der Waals surface area contributed by atoms with Crippen LogP contribution in [0.2, 0.25) is 0 Å². The molecule has 3 heterocycles. The lowest BCUT2D eigenvalue weighted by atomic mass is 10.0. The number of likely N-dealkylation sites (N-methyl/N-ethyl adjacent to an activating group) is 1. The van der Waals surface area contributed by atoms with Gasteiger partial charge in [0.15, 0.2) is 0 Å². The number of rotatable bonds is 7. The fourth-order valence-electron chi connectivity index (χ4n) is 5.44. The molecule has 2 saturated heterocycles. The SMILES string of the molecule is CNC(=O)[C@@H]1C[C@H](Oc2ccccc2)CN1C1CCN(C(=O)CCc2c(C)nn(C)c2C)CC1. The Hall–Kier alpha value is -2.87. The van der Waals surface area contributed by atoms with Crippen LogP contribution in [0, 0.1) is 13.8 Å². The van der Waals surface area contributed by atoms with Gasteiger partial charge in [-0.15, -0.1) is 0 Å². The molecule has 184 valence electrons. The average Bonchev–Trinajstić information content (AvgIpc) is 3.37. The Morgan fingerprint density at radius 1 is 1.15 bits per heavy atom. The van der Waals surface area contributed by atoms with Gasteiger partial charge in [-0.3, -0.25) is 19.2 Å². The number of amides is 2. The van der Waals surface area contributed by atoms with E-state index in [-0.39, 0.29) is 30.0 Å². The van der Waals surface area contributed by atoms with Gasteiger partial charge in [-0.05, 0) is 50.8 Å². The van der Waals surface area contributed by atoms with Crippen LogP contribution in [-0.4, -0.2) is 76.3 Å². The third-order valence-corrected chi connectivity index (χ3v) is 7.43. The second-order valence-corrected chi connectivity index (χ2v) is 9.50. The average molecular weight is 468 g/mol. The standard InChI is InChI=1S/C26H37N5O3/c1-18-23(19(2)29(4)28-18)10-11-25(32)30-14-12-20(13-15-30)31-17-22(16-24(31)26(33)27-3)34-21-8-6-5-7-9-21/h5-9,20,22,24H,10-17H2,1-4H3,(H,27,33)/t22-,24-/m0/s1. The van der Waals surface area contributed by atoms with E-state index in [1.54, 1.807) is 7.05 Å². The van der Waals surface area contributed by atoms with Gasteiger partial charge in [-0.1, -0.05) is 18.2 Å². The van der Waals surface area contributed by atoms with E-state index in [0.29, 0.717) is 12.8 Å². The van der Waals surface area contributed by atoms with Crippen molar-refractivity contribution < 1.29 is 14.3 Å². The molecular formula is C26H37N5O3. The van der Waals surface area contributed by atoms with Crippen molar-refractivity contribution in [2.45, 2.75) is 64.1 Å². The molecule has 1 aromatic carbocycles. The van der Waals surface area contributed by atoms with Crippen molar-refractivity contribution in [2.24, 2.45) is 7.05 Å². The molecular weight excluding hydrogens is 430 g/mol. The highest BCUT2D eigenvalue weighted by molar-refractivity contribution is 5.82. The van der Waals surface area contributed by atoms with Crippen molar-refractivity contribution in [2.75, 3.05) is 26.7 Å². The number of nitrogens with one attached hydrogen (secondary N) is 1. The highest BCUT2D eigenvalue weighted by Crippen LogP contribution is 2.29. The van der Waals surface area contributed by atoms with Gasteiger partial charge in [0.25, 0.3) is 0 Å². The molecule has 8 nitrogen and oxygen atoms in total. The van der Waals surface area contributed by atoms with Crippen LogP contribution in [0.5, 0.6) is 5.75 Å². The summed E-state index contributed by atoms with van der Waals surface area (Å²) in [4.78, 5) is 29.8. The second kappa shape index (κ2) is 10.6. The molecule has 0 saturated carbocycles. The Morgan fingerprint density at radius 3 is 2.47 bits per heavy atom. The third-order valence-electron chi connectivity index (χ3n) is 7.43. The van der Waals surface area contributed by atoms with Crippen molar-refractivity contribution in [3.8, 4) is 5.75 Å². The van der Waals surface area contributed by atoms with E-state index in [9.17, 15) is 9.59 Å². The van der Waals surface area contributed by atoms with E-state index >= 15 is 0 Å². The highest BCUT2D eigenvalue weighted by Gasteiger charge is 2.42. The van der Waals surface area contributed by atoms with Gasteiger partial charge in [0.2, 0.25) is 11.8 Å². The lowest BCUT2D eigenvalue weighted by Crippen LogP contribution is -2.51. The summed E-state index contributed by atoms with van der Waals surface area (Å²) in [6, 6.07) is 9.88. The Morgan fingerprint density at radius 2 is 1.85 bits per heavy atom. The monoisotopic (exact) mass is 467 g/mol. The molecule has 2 atom stereocenters. The maximum atomic E-state index is 12.9. The first-order chi connectivity index (χ1) is 16.4. The van der Waals surface area contributed by atoms with Gasteiger partial charge in [-0.25, -0.2) is 0 Å². The Kier molecular flexibility index (Phi) is 7.56. The van der Waals surface area contributed by atoms with E-state index in [2.05, 4.69) is 22.2 Å². The first kappa shape index (κ1) is 24.3. The summed E-state index contributed by atoms with van der Waals surface area (Å²) < 4.78 is 8.07. The second-order valence-electron chi connectivity index (χ2n) is 9.50. The van der Waals surface area contributed by atoms with Gasteiger partial charge < -0.3 is 15.0 Å². The molecule has 0 bridgehead atoms. The summed E-state index contributed by atoms with van der Waals surface area (Å²) >= 11 is 0. The van der Waals surface area contributed by atoms with Gasteiger partial charge >= 0.3 is 0 Å². The molecule has 8 heteroatoms. The quantitative estimate of drug-likeness (QED) is 0.676. The molecule has 0 unspecified atom stereocenters. The summed E-state index contributed by atoms with van der Waals surface area (Å²) in [5.74, 6) is 1.08. The van der Waals surface area contributed by atoms with Crippen LogP contribution in [0.25, 0.3) is 0 Å². The number of ether oxygens (including phenoxy) is 1. The molecule has 1 aromatic heterocycles. The number of aromatic nitrogens is 2. The van der Waals surface area contributed by atoms with E-state index in [1.807, 2.05) is 53.9 Å². The van der Waals surface area contributed by atoms with Gasteiger partial charge in [0.05, 0.1) is 11.7 Å². The molecule has 1 N–H and O–H groups in total. The number of para-hydroxylation sites is 1. The summed E-state index contributed by atoms with van der Waals surface area (Å²) in [7, 11) is 3.64. The maximum Gasteiger partial charge on any atom is 0.237 e. The molecule has 2 fully saturated rings. The van der Waals surface area contributed by atoms with Gasteiger partial charge in [-0.2, -0.15) is 5.10 Å². The molecule has 0 radical (unpaired) electrons. The van der Waals surface area contributed by atoms with E-state index < -0.39 is 0 Å². The molecule has 2 aromatic rings. The van der Waals surface area contributed by atoms with Crippen molar-refractivity contribution in [1.82, 2.24) is 24.9 Å². The fourth-order valence-corrected chi connectivity index (χ4v) is 5.44. The topological polar surface area (TPSA) is 79.7 Å². The highest BCUT2D eigenvalue weighted by atomic mass is 16.5. The Labute approximate surface area is 202 Å². The van der Waals surface area contributed by atoms with Crippen molar-refractivity contribution in [3.05, 3.63) is 47.3 Å². The van der Waals surface area contributed by atoms with Crippen LogP contribution in [0.4, 0.5) is 0 Å². The Bertz CT molecular complexity index is 997. The van der Waals surface area contributed by atoms with Crippen LogP contribution in [-0.2, 0) is 23.1 Å². The summed E-state index contributed by atoms with van der Waals surface area (Å²) in [5.41, 5.74) is 3.32. The number of nitrogens with zero attached hydrogens (tertiary/aromatic N) is 4. The Balaban J connectivity index is 1.32. The van der Waals surface area contributed by atoms with Crippen molar-refractivity contribution in [3.63, 3.8) is 0 Å². The minimum Gasteiger partial charge on any atom is -0.489 e. The van der Waals surface area contributed by atoms with Crippen LogP contribution in [0.15, 0.2) is 30.3 Å². The van der Waals surface area contributed by atoms with Crippen LogP contribution < -0.4 is 10.1 Å². The zero-order valence-corrected chi connectivity index (χ0v) is 20.8. The normalized spacial score (nSPS) is 21.6. The molecule has 4 rings (SSSR count). The molecule has 34 heavy (non-hydrogen) atoms. The first-order valence-corrected chi connectivity index (χ1v) is 12.3. The first-order valence-electron chi connectivity index (χ1n) is 12.3. The summed E-state index contributed by atoms with van der Waals surface area (Å²) in [6.07, 6.45) is 3.65. The fraction of sp³-hybridized carbons (Fsp3) is 0.577. The number of likely N-dealkylation sites (tertiary alicyclic amines) is 2. The number of carbonyl (C=O) groups excluding carboxylic acids is 2. The minimum absolute atomic E-state index is 0.0182. The van der Waals surface area contributed by atoms with Crippen LogP contribution in [0.1, 0.15) is 42.6 Å². The van der Waals surface area contributed by atoms with Crippen molar-refractivity contribution >= 4 is 11.8 Å². The number of carbonyl (C=O) groups is 2. The summed E-state index contributed by atoms with van der Waals surface area (Å²) in [5, 5.41) is 7.28. The van der Waals surface area contributed by atoms with E-state index in [4.69, 9.17) is 4.74 Å². The molecule has 2 amide bonds. The number of benzene rings is 1. The predicted octanol–water partition coefficient (Wildman–Crippen LogP) is 2.23. The molecule has 0 spiro atoms. The zero-order chi connectivity index (χ0) is 24.2. The smallest absolute Gasteiger partial charge is 0.237 e. The molecule has 2 aliphatic rings. The number of hydrogen-bond donors (Lipinski definition) is 1. The summed E-state index contributed by atoms with van der Waals surface area (Å²) in [6.45, 7) is 6.25. The maximum absolute atomic E-state index is 12.9.